The summed E-state index contributed by atoms with van der Waals surface area (Å²) in [5, 5.41) is 0.348. The maximum atomic E-state index is 12.1. The average molecular weight is 308 g/mol. The number of hydrogen-bond acceptors (Lipinski definition) is 7. The standard InChI is InChI=1S/C14H16N2O4S/c1-7(8(2)17)5-9(18)14-16-12-11(21-14)6-10(19-3)13(15-12)20-4/h6-7H,5H2,1-4H3/t7-/m0/s1. The number of ether oxygens (including phenoxy) is 2. The summed E-state index contributed by atoms with van der Waals surface area (Å²) in [5.74, 6) is 0.349. The van der Waals surface area contributed by atoms with E-state index < -0.39 is 0 Å². The Hall–Kier alpha value is -2.02. The Balaban J connectivity index is 2.34. The van der Waals surface area contributed by atoms with Gasteiger partial charge in [0, 0.05) is 18.4 Å². The Morgan fingerprint density at radius 1 is 1.29 bits per heavy atom. The summed E-state index contributed by atoms with van der Waals surface area (Å²) in [6.45, 7) is 3.21. The molecule has 6 nitrogen and oxygen atoms in total. The van der Waals surface area contributed by atoms with Crippen molar-refractivity contribution >= 4 is 33.3 Å². The van der Waals surface area contributed by atoms with Gasteiger partial charge in [0.1, 0.15) is 5.78 Å². The van der Waals surface area contributed by atoms with Gasteiger partial charge in [-0.25, -0.2) is 4.98 Å². The fraction of sp³-hybridized carbons (Fsp3) is 0.429. The van der Waals surface area contributed by atoms with E-state index in [1.165, 1.54) is 32.5 Å². The smallest absolute Gasteiger partial charge is 0.258 e. The first-order valence-electron chi connectivity index (χ1n) is 6.39. The molecule has 0 spiro atoms. The summed E-state index contributed by atoms with van der Waals surface area (Å²) in [5.41, 5.74) is 0.441. The Morgan fingerprint density at radius 3 is 2.57 bits per heavy atom. The van der Waals surface area contributed by atoms with Crippen molar-refractivity contribution < 1.29 is 19.1 Å². The van der Waals surface area contributed by atoms with Gasteiger partial charge in [-0.15, -0.1) is 11.3 Å². The quantitative estimate of drug-likeness (QED) is 0.763. The van der Waals surface area contributed by atoms with Crippen LogP contribution in [0.4, 0.5) is 0 Å². The number of ketones is 2. The van der Waals surface area contributed by atoms with Gasteiger partial charge in [0.15, 0.2) is 22.2 Å². The zero-order chi connectivity index (χ0) is 15.6. The number of carbonyl (C=O) groups is 2. The molecule has 0 saturated carbocycles. The van der Waals surface area contributed by atoms with Gasteiger partial charge in [-0.2, -0.15) is 4.98 Å². The maximum Gasteiger partial charge on any atom is 0.258 e. The number of nitrogens with zero attached hydrogens (tertiary/aromatic N) is 2. The van der Waals surface area contributed by atoms with E-state index in [2.05, 4.69) is 9.97 Å². The molecule has 0 saturated heterocycles. The number of pyridine rings is 1. The van der Waals surface area contributed by atoms with Gasteiger partial charge in [-0.05, 0) is 6.92 Å². The van der Waals surface area contributed by atoms with Crippen LogP contribution in [0.3, 0.4) is 0 Å². The molecule has 7 heteroatoms. The number of fused-ring (bicyclic) bond motifs is 1. The van der Waals surface area contributed by atoms with Gasteiger partial charge < -0.3 is 9.47 Å². The first kappa shape index (κ1) is 15.4. The lowest BCUT2D eigenvalue weighted by molar-refractivity contribution is -0.120. The first-order chi connectivity index (χ1) is 9.96. The third-order valence-electron chi connectivity index (χ3n) is 3.15. The van der Waals surface area contributed by atoms with Gasteiger partial charge in [-0.3, -0.25) is 9.59 Å². The molecule has 0 aliphatic rings. The summed E-state index contributed by atoms with van der Waals surface area (Å²) in [7, 11) is 3.01. The van der Waals surface area contributed by atoms with Crippen LogP contribution in [0, 0.1) is 5.92 Å². The molecule has 1 atom stereocenters. The minimum atomic E-state index is -0.304. The molecule has 0 unspecified atom stereocenters. The monoisotopic (exact) mass is 308 g/mol. The number of hydrogen-bond donors (Lipinski definition) is 0. The highest BCUT2D eigenvalue weighted by molar-refractivity contribution is 7.20. The summed E-state index contributed by atoms with van der Waals surface area (Å²) < 4.78 is 11.0. The fourth-order valence-electron chi connectivity index (χ4n) is 1.75. The second-order valence-corrected chi connectivity index (χ2v) is 5.71. The van der Waals surface area contributed by atoms with Crippen LogP contribution in [0.1, 0.15) is 30.1 Å². The zero-order valence-electron chi connectivity index (χ0n) is 12.3. The van der Waals surface area contributed by atoms with Gasteiger partial charge >= 0.3 is 0 Å². The number of carbonyl (C=O) groups excluding carboxylic acids is 2. The molecule has 0 amide bonds. The van der Waals surface area contributed by atoms with Gasteiger partial charge in [0.25, 0.3) is 5.88 Å². The van der Waals surface area contributed by atoms with Crippen LogP contribution in [0.2, 0.25) is 0 Å². The highest BCUT2D eigenvalue weighted by Crippen LogP contribution is 2.32. The molecule has 0 aromatic carbocycles. The highest BCUT2D eigenvalue weighted by atomic mass is 32.1. The van der Waals surface area contributed by atoms with Crippen molar-refractivity contribution in [1.29, 1.82) is 0 Å². The second kappa shape index (κ2) is 6.17. The van der Waals surface area contributed by atoms with Crippen molar-refractivity contribution in [1.82, 2.24) is 9.97 Å². The third kappa shape index (κ3) is 3.18. The minimum absolute atomic E-state index is 0.00840. The van der Waals surface area contributed by atoms with Gasteiger partial charge in [-0.1, -0.05) is 6.92 Å². The van der Waals surface area contributed by atoms with Gasteiger partial charge in [0.05, 0.1) is 18.9 Å². The van der Waals surface area contributed by atoms with E-state index in [9.17, 15) is 9.59 Å². The largest absolute Gasteiger partial charge is 0.491 e. The Labute approximate surface area is 126 Å². The molecule has 2 aromatic rings. The van der Waals surface area contributed by atoms with Crippen molar-refractivity contribution in [3.8, 4) is 11.6 Å². The van der Waals surface area contributed by atoms with Crippen LogP contribution in [-0.4, -0.2) is 35.8 Å². The van der Waals surface area contributed by atoms with Crippen molar-refractivity contribution in [2.75, 3.05) is 14.2 Å². The van der Waals surface area contributed by atoms with E-state index in [1.807, 2.05) is 0 Å². The lowest BCUT2D eigenvalue weighted by atomic mass is 10.0. The van der Waals surface area contributed by atoms with Crippen LogP contribution >= 0.6 is 11.3 Å². The van der Waals surface area contributed by atoms with Gasteiger partial charge in [0.2, 0.25) is 0 Å². The molecule has 0 aliphatic carbocycles. The van der Waals surface area contributed by atoms with Crippen molar-refractivity contribution in [3.63, 3.8) is 0 Å². The summed E-state index contributed by atoms with van der Waals surface area (Å²) >= 11 is 1.24. The number of thiazole rings is 1. The fourth-order valence-corrected chi connectivity index (χ4v) is 2.64. The molecule has 2 heterocycles. The molecular weight excluding hydrogens is 292 g/mol. The molecule has 112 valence electrons. The topological polar surface area (TPSA) is 78.4 Å². The number of aromatic nitrogens is 2. The molecule has 0 aliphatic heterocycles. The SMILES string of the molecule is COc1cc2sc(C(=O)C[C@H](C)C(C)=O)nc2nc1OC. The van der Waals surface area contributed by atoms with Crippen molar-refractivity contribution in [2.24, 2.45) is 5.92 Å². The molecule has 0 N–H and O–H groups in total. The normalized spacial score (nSPS) is 12.2. The third-order valence-corrected chi connectivity index (χ3v) is 4.18. The second-order valence-electron chi connectivity index (χ2n) is 4.68. The minimum Gasteiger partial charge on any atom is -0.491 e. The summed E-state index contributed by atoms with van der Waals surface area (Å²) in [4.78, 5) is 31.8. The average Bonchev–Trinajstić information content (AvgIpc) is 2.88. The number of rotatable bonds is 6. The van der Waals surface area contributed by atoms with Crippen LogP contribution in [0.15, 0.2) is 6.07 Å². The Kier molecular flexibility index (Phi) is 4.52. The molecule has 2 aromatic heterocycles. The van der Waals surface area contributed by atoms with E-state index in [0.717, 1.165) is 4.70 Å². The van der Waals surface area contributed by atoms with E-state index in [-0.39, 0.29) is 23.9 Å². The van der Waals surface area contributed by atoms with E-state index in [0.29, 0.717) is 22.3 Å². The number of Topliss-reactive ketones (excluding diaryl/α,β-unsaturated/α-hetero) is 2. The molecule has 0 bridgehead atoms. The zero-order valence-corrected chi connectivity index (χ0v) is 13.1. The summed E-state index contributed by atoms with van der Waals surface area (Å²) in [6, 6.07) is 1.74. The van der Waals surface area contributed by atoms with Crippen LogP contribution in [0.25, 0.3) is 10.3 Å². The van der Waals surface area contributed by atoms with Crippen LogP contribution < -0.4 is 9.47 Å². The lowest BCUT2D eigenvalue weighted by Crippen LogP contribution is -2.12. The molecule has 0 radical (unpaired) electrons. The maximum absolute atomic E-state index is 12.1. The Morgan fingerprint density at radius 2 is 2.00 bits per heavy atom. The van der Waals surface area contributed by atoms with E-state index >= 15 is 0 Å². The van der Waals surface area contributed by atoms with E-state index in [4.69, 9.17) is 9.47 Å². The molecule has 0 fully saturated rings. The Bertz CT molecular complexity index is 655. The molecule has 21 heavy (non-hydrogen) atoms. The van der Waals surface area contributed by atoms with Crippen LogP contribution in [0.5, 0.6) is 11.6 Å². The molecular formula is C14H16N2O4S. The lowest BCUT2D eigenvalue weighted by Gasteiger charge is -2.04. The van der Waals surface area contributed by atoms with E-state index in [1.54, 1.807) is 13.0 Å². The highest BCUT2D eigenvalue weighted by Gasteiger charge is 2.20. The predicted octanol–water partition coefficient (Wildman–Crippen LogP) is 2.51. The number of methoxy groups -OCH3 is 2. The molecule has 2 rings (SSSR count). The van der Waals surface area contributed by atoms with Crippen molar-refractivity contribution in [3.05, 3.63) is 11.1 Å². The summed E-state index contributed by atoms with van der Waals surface area (Å²) in [6.07, 6.45) is 0.156. The van der Waals surface area contributed by atoms with Crippen molar-refractivity contribution in [2.45, 2.75) is 20.3 Å². The van der Waals surface area contributed by atoms with Crippen LogP contribution in [-0.2, 0) is 4.79 Å². The first-order valence-corrected chi connectivity index (χ1v) is 7.21. The predicted molar refractivity (Wildman–Crippen MR) is 79.3 cm³/mol.